The first kappa shape index (κ1) is 16.3. The third kappa shape index (κ3) is 4.41. The Labute approximate surface area is 119 Å². The summed E-state index contributed by atoms with van der Waals surface area (Å²) in [5, 5.41) is 11.9. The summed E-state index contributed by atoms with van der Waals surface area (Å²) in [6, 6.07) is 0. The van der Waals surface area contributed by atoms with Gasteiger partial charge in [-0.25, -0.2) is 0 Å². The zero-order valence-corrected chi connectivity index (χ0v) is 12.9. The average Bonchev–Trinajstić information content (AvgIpc) is 2.44. The average molecular weight is 287 g/mol. The van der Waals surface area contributed by atoms with Crippen LogP contribution < -0.4 is 5.32 Å². The van der Waals surface area contributed by atoms with E-state index < -0.39 is 17.8 Å². The normalized spacial score (nSPS) is 21.4. The first-order chi connectivity index (χ1) is 8.92. The number of carboxylic acids is 1. The van der Waals surface area contributed by atoms with Crippen molar-refractivity contribution in [2.24, 2.45) is 11.8 Å². The number of carbonyl (C=O) groups is 2. The highest BCUT2D eigenvalue weighted by molar-refractivity contribution is 8.00. The molecule has 19 heavy (non-hydrogen) atoms. The monoisotopic (exact) mass is 287 g/mol. The lowest BCUT2D eigenvalue weighted by atomic mass is 9.87. The van der Waals surface area contributed by atoms with Gasteiger partial charge in [0.2, 0.25) is 5.91 Å². The Morgan fingerprint density at radius 2 is 1.79 bits per heavy atom. The van der Waals surface area contributed by atoms with Crippen molar-refractivity contribution in [1.29, 1.82) is 0 Å². The first-order valence-electron chi connectivity index (χ1n) is 6.97. The lowest BCUT2D eigenvalue weighted by molar-refractivity contribution is -0.146. The van der Waals surface area contributed by atoms with Crippen molar-refractivity contribution in [3.8, 4) is 0 Å². The molecule has 2 unspecified atom stereocenters. The molecule has 0 radical (unpaired) electrons. The molecular weight excluding hydrogens is 262 g/mol. The molecule has 1 aliphatic carbocycles. The lowest BCUT2D eigenvalue weighted by Crippen LogP contribution is -2.44. The van der Waals surface area contributed by atoms with Gasteiger partial charge in [0.15, 0.2) is 0 Å². The van der Waals surface area contributed by atoms with Gasteiger partial charge in [-0.1, -0.05) is 33.1 Å². The van der Waals surface area contributed by atoms with Gasteiger partial charge in [-0.15, -0.1) is 0 Å². The summed E-state index contributed by atoms with van der Waals surface area (Å²) in [5.74, 6) is -2.19. The molecule has 4 nitrogen and oxygen atoms in total. The molecule has 0 spiro atoms. The van der Waals surface area contributed by atoms with E-state index in [1.165, 1.54) is 19.3 Å². The SMILES string of the molecule is CSC1(CNC(=O)C(C)C(C)C(=O)O)CCCCC1. The largest absolute Gasteiger partial charge is 0.481 e. The molecule has 0 aromatic heterocycles. The fourth-order valence-electron chi connectivity index (χ4n) is 2.50. The molecule has 1 aliphatic rings. The number of hydrogen-bond acceptors (Lipinski definition) is 3. The highest BCUT2D eigenvalue weighted by Crippen LogP contribution is 2.38. The Morgan fingerprint density at radius 3 is 2.26 bits per heavy atom. The molecule has 2 N–H and O–H groups in total. The van der Waals surface area contributed by atoms with Crippen LogP contribution in [-0.4, -0.2) is 34.5 Å². The Balaban J connectivity index is 2.50. The topological polar surface area (TPSA) is 66.4 Å². The van der Waals surface area contributed by atoms with Crippen molar-refractivity contribution < 1.29 is 14.7 Å². The molecule has 0 aromatic rings. The number of nitrogens with one attached hydrogen (secondary N) is 1. The number of hydrogen-bond donors (Lipinski definition) is 2. The fraction of sp³-hybridized carbons (Fsp3) is 0.857. The minimum Gasteiger partial charge on any atom is -0.481 e. The zero-order chi connectivity index (χ0) is 14.5. The van der Waals surface area contributed by atoms with Crippen molar-refractivity contribution in [2.75, 3.05) is 12.8 Å². The van der Waals surface area contributed by atoms with Crippen molar-refractivity contribution in [2.45, 2.75) is 50.7 Å². The second-order valence-electron chi connectivity index (χ2n) is 5.58. The minimum atomic E-state index is -0.917. The summed E-state index contributed by atoms with van der Waals surface area (Å²) in [6.07, 6.45) is 8.09. The molecule has 0 aliphatic heterocycles. The highest BCUT2D eigenvalue weighted by Gasteiger charge is 2.33. The molecule has 1 fully saturated rings. The maximum atomic E-state index is 12.0. The highest BCUT2D eigenvalue weighted by atomic mass is 32.2. The number of carbonyl (C=O) groups excluding carboxylic acids is 1. The zero-order valence-electron chi connectivity index (χ0n) is 12.1. The summed E-state index contributed by atoms with van der Waals surface area (Å²) in [4.78, 5) is 22.9. The number of thioether (sulfide) groups is 1. The Hall–Kier alpha value is -0.710. The lowest BCUT2D eigenvalue weighted by Gasteiger charge is -2.36. The quantitative estimate of drug-likeness (QED) is 0.788. The van der Waals surface area contributed by atoms with E-state index in [0.717, 1.165) is 12.8 Å². The van der Waals surface area contributed by atoms with Gasteiger partial charge in [0.05, 0.1) is 5.92 Å². The Morgan fingerprint density at radius 1 is 1.21 bits per heavy atom. The number of rotatable bonds is 6. The van der Waals surface area contributed by atoms with Crippen molar-refractivity contribution in [3.05, 3.63) is 0 Å². The van der Waals surface area contributed by atoms with Crippen LogP contribution in [0.5, 0.6) is 0 Å². The van der Waals surface area contributed by atoms with Gasteiger partial charge in [0, 0.05) is 17.2 Å². The molecule has 110 valence electrons. The van der Waals surface area contributed by atoms with Crippen LogP contribution >= 0.6 is 11.8 Å². The van der Waals surface area contributed by atoms with Gasteiger partial charge >= 0.3 is 5.97 Å². The molecule has 1 saturated carbocycles. The van der Waals surface area contributed by atoms with Crippen molar-refractivity contribution in [3.63, 3.8) is 0 Å². The predicted molar refractivity (Wildman–Crippen MR) is 78.3 cm³/mol. The second kappa shape index (κ2) is 7.17. The van der Waals surface area contributed by atoms with Crippen LogP contribution in [-0.2, 0) is 9.59 Å². The van der Waals surface area contributed by atoms with E-state index in [9.17, 15) is 9.59 Å². The van der Waals surface area contributed by atoms with Crippen LogP contribution in [0.4, 0.5) is 0 Å². The van der Waals surface area contributed by atoms with Gasteiger partial charge in [-0.3, -0.25) is 9.59 Å². The fourth-order valence-corrected chi connectivity index (χ4v) is 3.41. The first-order valence-corrected chi connectivity index (χ1v) is 8.20. The van der Waals surface area contributed by atoms with E-state index in [-0.39, 0.29) is 10.7 Å². The number of aliphatic carboxylic acids is 1. The molecule has 2 atom stereocenters. The summed E-state index contributed by atoms with van der Waals surface area (Å²) in [6.45, 7) is 3.92. The smallest absolute Gasteiger partial charge is 0.307 e. The van der Waals surface area contributed by atoms with E-state index in [0.29, 0.717) is 6.54 Å². The summed E-state index contributed by atoms with van der Waals surface area (Å²) < 4.78 is 0.153. The van der Waals surface area contributed by atoms with Crippen LogP contribution in [0.3, 0.4) is 0 Å². The number of carboxylic acid groups (broad SMARTS) is 1. The second-order valence-corrected chi connectivity index (χ2v) is 6.86. The molecular formula is C14H25NO3S. The van der Waals surface area contributed by atoms with E-state index in [1.807, 2.05) is 11.8 Å². The van der Waals surface area contributed by atoms with Crippen LogP contribution in [0.25, 0.3) is 0 Å². The predicted octanol–water partition coefficient (Wildman–Crippen LogP) is 2.53. The van der Waals surface area contributed by atoms with E-state index in [1.54, 1.807) is 13.8 Å². The van der Waals surface area contributed by atoms with Crippen LogP contribution in [0.2, 0.25) is 0 Å². The van der Waals surface area contributed by atoms with Gasteiger partial charge in [0.1, 0.15) is 0 Å². The van der Waals surface area contributed by atoms with Gasteiger partial charge in [-0.05, 0) is 19.1 Å². The molecule has 0 aromatic carbocycles. The number of amides is 1. The van der Waals surface area contributed by atoms with E-state index in [2.05, 4.69) is 11.6 Å². The summed E-state index contributed by atoms with van der Waals surface area (Å²) in [5.41, 5.74) is 0. The van der Waals surface area contributed by atoms with Crippen molar-refractivity contribution in [1.82, 2.24) is 5.32 Å². The summed E-state index contributed by atoms with van der Waals surface area (Å²) >= 11 is 1.83. The minimum absolute atomic E-state index is 0.145. The van der Waals surface area contributed by atoms with Crippen molar-refractivity contribution >= 4 is 23.6 Å². The molecule has 1 rings (SSSR count). The van der Waals surface area contributed by atoms with Crippen LogP contribution in [0, 0.1) is 11.8 Å². The summed E-state index contributed by atoms with van der Waals surface area (Å²) in [7, 11) is 0. The molecule has 0 bridgehead atoms. The maximum Gasteiger partial charge on any atom is 0.307 e. The molecule has 1 amide bonds. The third-order valence-corrected chi connectivity index (χ3v) is 5.75. The Kier molecular flexibility index (Phi) is 6.17. The third-order valence-electron chi connectivity index (χ3n) is 4.34. The molecule has 0 heterocycles. The van der Waals surface area contributed by atoms with E-state index in [4.69, 9.17) is 5.11 Å². The van der Waals surface area contributed by atoms with Gasteiger partial charge < -0.3 is 10.4 Å². The molecule has 5 heteroatoms. The maximum absolute atomic E-state index is 12.0. The van der Waals surface area contributed by atoms with Gasteiger partial charge in [-0.2, -0.15) is 11.8 Å². The van der Waals surface area contributed by atoms with E-state index >= 15 is 0 Å². The molecule has 0 saturated heterocycles. The van der Waals surface area contributed by atoms with Gasteiger partial charge in [0.25, 0.3) is 0 Å². The standard InChI is InChI=1S/C14H25NO3S/c1-10(11(2)13(17)18)12(16)15-9-14(19-3)7-5-4-6-8-14/h10-11H,4-9H2,1-3H3,(H,15,16)(H,17,18). The van der Waals surface area contributed by atoms with Crippen LogP contribution in [0.15, 0.2) is 0 Å². The van der Waals surface area contributed by atoms with Crippen LogP contribution in [0.1, 0.15) is 46.0 Å². The Bertz CT molecular complexity index is 327.